The molecule has 1 atom stereocenters. The van der Waals surface area contributed by atoms with Gasteiger partial charge in [0.15, 0.2) is 5.78 Å². The summed E-state index contributed by atoms with van der Waals surface area (Å²) in [5.41, 5.74) is 1.99. The number of carbonyl (C=O) groups excluding carboxylic acids is 2. The van der Waals surface area contributed by atoms with Gasteiger partial charge in [0.2, 0.25) is 5.91 Å². The van der Waals surface area contributed by atoms with Gasteiger partial charge < -0.3 is 0 Å². The third kappa shape index (κ3) is 3.46. The van der Waals surface area contributed by atoms with Crippen molar-refractivity contribution < 1.29 is 9.59 Å². The van der Waals surface area contributed by atoms with E-state index in [1.807, 2.05) is 17.5 Å². The zero-order valence-electron chi connectivity index (χ0n) is 15.1. The van der Waals surface area contributed by atoms with E-state index in [4.69, 9.17) is 23.2 Å². The molecule has 1 aliphatic heterocycles. The molecule has 0 spiro atoms. The first kappa shape index (κ1) is 18.7. The summed E-state index contributed by atoms with van der Waals surface area (Å²) in [7, 11) is 0. The van der Waals surface area contributed by atoms with Crippen LogP contribution in [0.2, 0.25) is 10.0 Å². The molecular formula is C21H19Cl2NO2S. The van der Waals surface area contributed by atoms with Crippen molar-refractivity contribution in [3.63, 3.8) is 0 Å². The molecule has 6 heteroatoms. The summed E-state index contributed by atoms with van der Waals surface area (Å²) < 4.78 is 0. The van der Waals surface area contributed by atoms with Gasteiger partial charge in [-0.15, -0.1) is 11.3 Å². The lowest BCUT2D eigenvalue weighted by Crippen LogP contribution is -2.43. The summed E-state index contributed by atoms with van der Waals surface area (Å²) in [6.45, 7) is 4.13. The van der Waals surface area contributed by atoms with Crippen LogP contribution in [0, 0.1) is 5.41 Å². The standard InChI is InChI=1S/C21H19Cl2NO2S/c1-21(2)10-16-20(17(25)11-21)15(18-4-3-5-27-18)9-19(26)24(16)14-7-12(22)6-13(23)8-14/h3-8,15H,9-11H2,1-2H3. The molecule has 0 radical (unpaired) electrons. The maximum atomic E-state index is 13.2. The highest BCUT2D eigenvalue weighted by molar-refractivity contribution is 7.10. The van der Waals surface area contributed by atoms with Crippen LogP contribution in [0.4, 0.5) is 5.69 Å². The lowest BCUT2D eigenvalue weighted by molar-refractivity contribution is -0.120. The first-order valence-electron chi connectivity index (χ1n) is 8.84. The molecular weight excluding hydrogens is 401 g/mol. The molecule has 2 aliphatic rings. The Labute approximate surface area is 172 Å². The van der Waals surface area contributed by atoms with Crippen LogP contribution in [0.25, 0.3) is 0 Å². The summed E-state index contributed by atoms with van der Waals surface area (Å²) in [5, 5.41) is 2.92. The molecule has 1 amide bonds. The van der Waals surface area contributed by atoms with Crippen molar-refractivity contribution >= 4 is 51.9 Å². The van der Waals surface area contributed by atoms with Gasteiger partial charge in [0.05, 0.1) is 5.69 Å². The molecule has 0 saturated heterocycles. The van der Waals surface area contributed by atoms with Crippen LogP contribution in [0.5, 0.6) is 0 Å². The Morgan fingerprint density at radius 3 is 2.44 bits per heavy atom. The molecule has 27 heavy (non-hydrogen) atoms. The number of halogens is 2. The van der Waals surface area contributed by atoms with Crippen molar-refractivity contribution in [2.75, 3.05) is 4.90 Å². The molecule has 2 aromatic rings. The summed E-state index contributed by atoms with van der Waals surface area (Å²) in [5.74, 6) is -0.0664. The molecule has 1 aromatic carbocycles. The Morgan fingerprint density at radius 2 is 1.81 bits per heavy atom. The van der Waals surface area contributed by atoms with Gasteiger partial charge in [-0.05, 0) is 41.5 Å². The third-order valence-electron chi connectivity index (χ3n) is 5.14. The number of allylic oxidation sites excluding steroid dienone is 2. The predicted octanol–water partition coefficient (Wildman–Crippen LogP) is 6.22. The Bertz CT molecular complexity index is 942. The topological polar surface area (TPSA) is 37.4 Å². The monoisotopic (exact) mass is 419 g/mol. The molecule has 140 valence electrons. The van der Waals surface area contributed by atoms with Crippen LogP contribution in [0.1, 0.15) is 43.9 Å². The van der Waals surface area contributed by atoms with Gasteiger partial charge in [-0.25, -0.2) is 0 Å². The van der Waals surface area contributed by atoms with Crippen molar-refractivity contribution in [2.24, 2.45) is 5.41 Å². The Hall–Kier alpha value is -1.62. The zero-order chi connectivity index (χ0) is 19.3. The minimum absolute atomic E-state index is 0.0315. The van der Waals surface area contributed by atoms with Crippen molar-refractivity contribution in [1.82, 2.24) is 0 Å². The number of amides is 1. The number of hydrogen-bond acceptors (Lipinski definition) is 3. The summed E-state index contributed by atoms with van der Waals surface area (Å²) in [6, 6.07) is 9.07. The number of ketones is 1. The maximum absolute atomic E-state index is 13.2. The molecule has 1 unspecified atom stereocenters. The average Bonchev–Trinajstić information content (AvgIpc) is 3.05. The van der Waals surface area contributed by atoms with Crippen LogP contribution in [-0.4, -0.2) is 11.7 Å². The van der Waals surface area contributed by atoms with Crippen LogP contribution < -0.4 is 4.90 Å². The fourth-order valence-electron chi connectivity index (χ4n) is 4.12. The van der Waals surface area contributed by atoms with E-state index in [0.717, 1.165) is 16.1 Å². The average molecular weight is 420 g/mol. The maximum Gasteiger partial charge on any atom is 0.232 e. The first-order chi connectivity index (χ1) is 12.7. The second-order valence-corrected chi connectivity index (χ2v) is 9.78. The van der Waals surface area contributed by atoms with Gasteiger partial charge >= 0.3 is 0 Å². The molecule has 0 bridgehead atoms. The van der Waals surface area contributed by atoms with E-state index in [1.165, 1.54) is 0 Å². The van der Waals surface area contributed by atoms with E-state index >= 15 is 0 Å². The smallest absolute Gasteiger partial charge is 0.232 e. The van der Waals surface area contributed by atoms with Gasteiger partial charge in [0, 0.05) is 45.0 Å². The Kier molecular flexibility index (Phi) is 4.69. The number of anilines is 1. The SMILES string of the molecule is CC1(C)CC(=O)C2=C(C1)N(c1cc(Cl)cc(Cl)c1)C(=O)CC2c1cccs1. The fourth-order valence-corrected chi connectivity index (χ4v) is 5.47. The normalized spacial score (nSPS) is 22.2. The van der Waals surface area contributed by atoms with Gasteiger partial charge in [0.1, 0.15) is 0 Å². The van der Waals surface area contributed by atoms with Crippen molar-refractivity contribution in [1.29, 1.82) is 0 Å². The van der Waals surface area contributed by atoms with E-state index in [-0.39, 0.29) is 29.4 Å². The predicted molar refractivity (Wildman–Crippen MR) is 111 cm³/mol. The molecule has 0 saturated carbocycles. The van der Waals surface area contributed by atoms with Gasteiger partial charge in [-0.1, -0.05) is 43.1 Å². The fraction of sp³-hybridized carbons (Fsp3) is 0.333. The number of benzene rings is 1. The van der Waals surface area contributed by atoms with Gasteiger partial charge in [0.25, 0.3) is 0 Å². The highest BCUT2D eigenvalue weighted by Gasteiger charge is 2.44. The number of carbonyl (C=O) groups is 2. The second kappa shape index (κ2) is 6.77. The highest BCUT2D eigenvalue weighted by Crippen LogP contribution is 2.49. The number of hydrogen-bond donors (Lipinski definition) is 0. The lowest BCUT2D eigenvalue weighted by atomic mass is 9.70. The first-order valence-corrected chi connectivity index (χ1v) is 10.5. The highest BCUT2D eigenvalue weighted by atomic mass is 35.5. The zero-order valence-corrected chi connectivity index (χ0v) is 17.4. The molecule has 1 aliphatic carbocycles. The summed E-state index contributed by atoms with van der Waals surface area (Å²) in [4.78, 5) is 29.0. The Balaban J connectivity index is 1.92. The van der Waals surface area contributed by atoms with E-state index < -0.39 is 0 Å². The second-order valence-electron chi connectivity index (χ2n) is 7.93. The van der Waals surface area contributed by atoms with Crippen LogP contribution in [0.15, 0.2) is 47.0 Å². The van der Waals surface area contributed by atoms with Crippen LogP contribution >= 0.6 is 34.5 Å². The minimum atomic E-state index is -0.200. The lowest BCUT2D eigenvalue weighted by Gasteiger charge is -2.42. The largest absolute Gasteiger partial charge is 0.294 e. The van der Waals surface area contributed by atoms with Crippen molar-refractivity contribution in [2.45, 2.75) is 39.0 Å². The quantitative estimate of drug-likeness (QED) is 0.579. The van der Waals surface area contributed by atoms with Crippen LogP contribution in [0.3, 0.4) is 0 Å². The van der Waals surface area contributed by atoms with E-state index in [0.29, 0.717) is 28.6 Å². The van der Waals surface area contributed by atoms with Crippen molar-refractivity contribution in [3.8, 4) is 0 Å². The summed E-state index contributed by atoms with van der Waals surface area (Å²) >= 11 is 14.0. The third-order valence-corrected chi connectivity index (χ3v) is 6.56. The molecule has 3 nitrogen and oxygen atoms in total. The van der Waals surface area contributed by atoms with E-state index in [2.05, 4.69) is 13.8 Å². The molecule has 2 heterocycles. The van der Waals surface area contributed by atoms with E-state index in [1.54, 1.807) is 34.4 Å². The van der Waals surface area contributed by atoms with Gasteiger partial charge in [-0.3, -0.25) is 14.5 Å². The van der Waals surface area contributed by atoms with E-state index in [9.17, 15) is 9.59 Å². The van der Waals surface area contributed by atoms with Gasteiger partial charge in [-0.2, -0.15) is 0 Å². The van der Waals surface area contributed by atoms with Crippen molar-refractivity contribution in [3.05, 3.63) is 61.9 Å². The number of rotatable bonds is 2. The molecule has 0 N–H and O–H groups in total. The molecule has 4 rings (SSSR count). The number of nitrogens with zero attached hydrogens (tertiary/aromatic N) is 1. The summed E-state index contributed by atoms with van der Waals surface area (Å²) in [6.07, 6.45) is 1.42. The number of thiophene rings is 1. The Morgan fingerprint density at radius 1 is 1.11 bits per heavy atom. The number of Topliss-reactive ketones (excluding diaryl/α,β-unsaturated/α-hetero) is 1. The minimum Gasteiger partial charge on any atom is -0.294 e. The molecule has 1 aromatic heterocycles. The molecule has 0 fully saturated rings. The van der Waals surface area contributed by atoms with Crippen LogP contribution in [-0.2, 0) is 9.59 Å².